The van der Waals surface area contributed by atoms with E-state index >= 15 is 0 Å². The van der Waals surface area contributed by atoms with E-state index in [9.17, 15) is 9.59 Å². The van der Waals surface area contributed by atoms with E-state index in [1.54, 1.807) is 17.3 Å². The number of ether oxygens (including phenoxy) is 1. The van der Waals surface area contributed by atoms with Crippen molar-refractivity contribution in [3.8, 4) is 11.1 Å². The van der Waals surface area contributed by atoms with Gasteiger partial charge in [-0.2, -0.15) is 0 Å². The zero-order chi connectivity index (χ0) is 20.1. The highest BCUT2D eigenvalue weighted by molar-refractivity contribution is 5.98. The van der Waals surface area contributed by atoms with Gasteiger partial charge in [0.1, 0.15) is 13.2 Å². The molecule has 0 atom stereocenters. The van der Waals surface area contributed by atoms with Gasteiger partial charge in [0, 0.05) is 24.6 Å². The van der Waals surface area contributed by atoms with Crippen LogP contribution in [-0.4, -0.2) is 30.1 Å². The molecule has 2 amide bonds. The van der Waals surface area contributed by atoms with Gasteiger partial charge in [-0.3, -0.25) is 9.78 Å². The number of amides is 2. The van der Waals surface area contributed by atoms with Crippen molar-refractivity contribution >= 4 is 17.7 Å². The Morgan fingerprint density at radius 3 is 2.59 bits per heavy atom. The lowest BCUT2D eigenvalue weighted by molar-refractivity contribution is -0.117. The molecule has 2 heterocycles. The molecular weight excluding hydrogens is 366 g/mol. The van der Waals surface area contributed by atoms with Crippen LogP contribution in [0.25, 0.3) is 11.1 Å². The van der Waals surface area contributed by atoms with Crippen molar-refractivity contribution in [2.75, 3.05) is 18.0 Å². The second kappa shape index (κ2) is 8.56. The fourth-order valence-corrected chi connectivity index (χ4v) is 3.40. The van der Waals surface area contributed by atoms with Gasteiger partial charge in [0.2, 0.25) is 5.91 Å². The van der Waals surface area contributed by atoms with Crippen molar-refractivity contribution in [1.82, 2.24) is 10.3 Å². The summed E-state index contributed by atoms with van der Waals surface area (Å²) in [6.45, 7) is 0.680. The third-order valence-electron chi connectivity index (χ3n) is 4.89. The zero-order valence-corrected chi connectivity index (χ0v) is 15.9. The number of nitrogens with zero attached hydrogens (tertiary/aromatic N) is 2. The number of alkyl carbamates (subject to hydrolysis) is 1. The average molecular weight is 387 g/mol. The fourth-order valence-electron chi connectivity index (χ4n) is 3.40. The Labute approximate surface area is 169 Å². The summed E-state index contributed by atoms with van der Waals surface area (Å²) in [5.74, 6) is -0.155. The number of rotatable bonds is 5. The molecular formula is C23H21N3O3. The van der Waals surface area contributed by atoms with Crippen LogP contribution in [0.2, 0.25) is 0 Å². The van der Waals surface area contributed by atoms with Gasteiger partial charge in [0.25, 0.3) is 0 Å². The summed E-state index contributed by atoms with van der Waals surface area (Å²) >= 11 is 0. The third-order valence-corrected chi connectivity index (χ3v) is 4.89. The topological polar surface area (TPSA) is 71.5 Å². The van der Waals surface area contributed by atoms with Gasteiger partial charge in [0.05, 0.1) is 0 Å². The molecule has 6 heteroatoms. The molecule has 6 nitrogen and oxygen atoms in total. The van der Waals surface area contributed by atoms with Crippen LogP contribution in [0.15, 0.2) is 73.1 Å². The number of carbonyl (C=O) groups is 2. The molecule has 29 heavy (non-hydrogen) atoms. The maximum Gasteiger partial charge on any atom is 0.407 e. The van der Waals surface area contributed by atoms with Crippen molar-refractivity contribution in [2.45, 2.75) is 13.0 Å². The SMILES string of the molecule is O=C(NCC(=O)N1CCc2cc(-c3ccncc3)ccc21)OCc1ccccc1. The highest BCUT2D eigenvalue weighted by Crippen LogP contribution is 2.32. The summed E-state index contributed by atoms with van der Waals surface area (Å²) in [7, 11) is 0. The standard InChI is InChI=1S/C23H21N3O3/c27-22(15-25-23(28)29-16-17-4-2-1-3-5-17)26-13-10-20-14-19(6-7-21(20)26)18-8-11-24-12-9-18/h1-9,11-12,14H,10,13,15-16H2,(H,25,28). The van der Waals surface area contributed by atoms with Crippen molar-refractivity contribution in [3.05, 3.63) is 84.2 Å². The summed E-state index contributed by atoms with van der Waals surface area (Å²) in [4.78, 5) is 30.2. The number of pyridine rings is 1. The minimum absolute atomic E-state index is 0.0980. The van der Waals surface area contributed by atoms with Crippen LogP contribution >= 0.6 is 0 Å². The van der Waals surface area contributed by atoms with E-state index in [2.05, 4.69) is 16.4 Å². The number of anilines is 1. The van der Waals surface area contributed by atoms with E-state index in [0.717, 1.165) is 34.4 Å². The van der Waals surface area contributed by atoms with E-state index in [-0.39, 0.29) is 19.1 Å². The molecule has 1 N–H and O–H groups in total. The van der Waals surface area contributed by atoms with E-state index in [4.69, 9.17) is 4.74 Å². The van der Waals surface area contributed by atoms with Crippen LogP contribution in [-0.2, 0) is 22.6 Å². The van der Waals surface area contributed by atoms with Crippen LogP contribution < -0.4 is 10.2 Å². The van der Waals surface area contributed by atoms with E-state index in [1.165, 1.54) is 0 Å². The number of nitrogens with one attached hydrogen (secondary N) is 1. The van der Waals surface area contributed by atoms with Crippen LogP contribution in [0.5, 0.6) is 0 Å². The number of fused-ring (bicyclic) bond motifs is 1. The summed E-state index contributed by atoms with van der Waals surface area (Å²) in [6.07, 6.45) is 3.72. The number of hydrogen-bond acceptors (Lipinski definition) is 4. The first kappa shape index (κ1) is 18.7. The summed E-state index contributed by atoms with van der Waals surface area (Å²) in [6, 6.07) is 19.4. The van der Waals surface area contributed by atoms with Gasteiger partial charge in [-0.1, -0.05) is 36.4 Å². The van der Waals surface area contributed by atoms with Gasteiger partial charge in [-0.15, -0.1) is 0 Å². The van der Waals surface area contributed by atoms with Gasteiger partial charge < -0.3 is 15.0 Å². The maximum atomic E-state index is 12.6. The maximum absolute atomic E-state index is 12.6. The summed E-state index contributed by atoms with van der Waals surface area (Å²) in [5, 5.41) is 2.54. The molecule has 0 fully saturated rings. The van der Waals surface area contributed by atoms with Gasteiger partial charge in [-0.05, 0) is 52.9 Å². The van der Waals surface area contributed by atoms with E-state index < -0.39 is 6.09 Å². The Bertz CT molecular complexity index is 1010. The quantitative estimate of drug-likeness (QED) is 0.727. The predicted octanol–water partition coefficient (Wildman–Crippen LogP) is 3.56. The summed E-state index contributed by atoms with van der Waals surface area (Å²) < 4.78 is 5.15. The molecule has 146 valence electrons. The average Bonchev–Trinajstić information content (AvgIpc) is 3.21. The van der Waals surface area contributed by atoms with Crippen LogP contribution in [0.1, 0.15) is 11.1 Å². The second-order valence-electron chi connectivity index (χ2n) is 6.79. The molecule has 2 aromatic carbocycles. The Morgan fingerprint density at radius 2 is 1.79 bits per heavy atom. The molecule has 4 rings (SSSR count). The highest BCUT2D eigenvalue weighted by atomic mass is 16.5. The molecule has 0 saturated heterocycles. The largest absolute Gasteiger partial charge is 0.445 e. The Kier molecular flexibility index (Phi) is 5.52. The fraction of sp³-hybridized carbons (Fsp3) is 0.174. The second-order valence-corrected chi connectivity index (χ2v) is 6.79. The first-order valence-corrected chi connectivity index (χ1v) is 9.49. The lowest BCUT2D eigenvalue weighted by Crippen LogP contribution is -2.39. The molecule has 0 bridgehead atoms. The minimum atomic E-state index is -0.602. The predicted molar refractivity (Wildman–Crippen MR) is 110 cm³/mol. The number of carbonyl (C=O) groups excluding carboxylic acids is 2. The van der Waals surface area contributed by atoms with Crippen molar-refractivity contribution < 1.29 is 14.3 Å². The van der Waals surface area contributed by atoms with Gasteiger partial charge in [0.15, 0.2) is 0 Å². The van der Waals surface area contributed by atoms with Gasteiger partial charge in [-0.25, -0.2) is 4.79 Å². The van der Waals surface area contributed by atoms with Gasteiger partial charge >= 0.3 is 6.09 Å². The molecule has 1 aromatic heterocycles. The monoisotopic (exact) mass is 387 g/mol. The number of benzene rings is 2. The van der Waals surface area contributed by atoms with Crippen molar-refractivity contribution in [2.24, 2.45) is 0 Å². The van der Waals surface area contributed by atoms with Crippen LogP contribution in [0, 0.1) is 0 Å². The molecule has 1 aliphatic rings. The third kappa shape index (κ3) is 4.43. The molecule has 0 aliphatic carbocycles. The molecule has 3 aromatic rings. The Morgan fingerprint density at radius 1 is 1.00 bits per heavy atom. The number of aromatic nitrogens is 1. The summed E-state index contributed by atoms with van der Waals surface area (Å²) in [5.41, 5.74) is 5.11. The first-order valence-electron chi connectivity index (χ1n) is 9.49. The lowest BCUT2D eigenvalue weighted by atomic mass is 10.0. The highest BCUT2D eigenvalue weighted by Gasteiger charge is 2.25. The number of hydrogen-bond donors (Lipinski definition) is 1. The normalized spacial score (nSPS) is 12.3. The smallest absolute Gasteiger partial charge is 0.407 e. The minimum Gasteiger partial charge on any atom is -0.445 e. The van der Waals surface area contributed by atoms with E-state index in [0.29, 0.717) is 6.54 Å². The van der Waals surface area contributed by atoms with Crippen LogP contribution in [0.4, 0.5) is 10.5 Å². The lowest BCUT2D eigenvalue weighted by Gasteiger charge is -2.18. The Balaban J connectivity index is 1.33. The molecule has 0 radical (unpaired) electrons. The molecule has 0 spiro atoms. The molecule has 0 saturated carbocycles. The van der Waals surface area contributed by atoms with E-state index in [1.807, 2.05) is 54.6 Å². The van der Waals surface area contributed by atoms with Crippen molar-refractivity contribution in [1.29, 1.82) is 0 Å². The first-order chi connectivity index (χ1) is 14.2. The molecule has 1 aliphatic heterocycles. The Hall–Kier alpha value is -3.67. The van der Waals surface area contributed by atoms with Crippen LogP contribution in [0.3, 0.4) is 0 Å². The van der Waals surface area contributed by atoms with Crippen molar-refractivity contribution in [3.63, 3.8) is 0 Å². The molecule has 0 unspecified atom stereocenters. The zero-order valence-electron chi connectivity index (χ0n) is 15.9.